The number of carbonyl (C=O) groups is 2. The van der Waals surface area contributed by atoms with Gasteiger partial charge in [0, 0.05) is 25.9 Å². The zero-order valence-corrected chi connectivity index (χ0v) is 9.67. The van der Waals surface area contributed by atoms with Crippen molar-refractivity contribution in [3.63, 3.8) is 0 Å². The first-order valence-corrected chi connectivity index (χ1v) is 5.37. The van der Waals surface area contributed by atoms with Gasteiger partial charge in [0.05, 0.1) is 0 Å². The fraction of sp³-hybridized carbons (Fsp3) is 0.818. The van der Waals surface area contributed by atoms with E-state index in [0.29, 0.717) is 25.3 Å². The molecule has 1 atom stereocenters. The van der Waals surface area contributed by atoms with Crippen LogP contribution in [-0.4, -0.2) is 29.7 Å². The van der Waals surface area contributed by atoms with Crippen molar-refractivity contribution in [2.45, 2.75) is 40.5 Å². The Morgan fingerprint density at radius 1 is 1.50 bits per heavy atom. The van der Waals surface area contributed by atoms with Crippen LogP contribution in [0.25, 0.3) is 0 Å². The Balaban J connectivity index is 0.000000791. The van der Waals surface area contributed by atoms with E-state index in [9.17, 15) is 9.59 Å². The molecular formula is C11H21NO2. The van der Waals surface area contributed by atoms with Gasteiger partial charge in [-0.05, 0) is 12.8 Å². The Bertz CT molecular complexity index is 201. The first-order valence-electron chi connectivity index (χ1n) is 5.37. The zero-order chi connectivity index (χ0) is 11.1. The number of ketones is 1. The predicted octanol–water partition coefficient (Wildman–Crippen LogP) is 1.86. The molecule has 1 aliphatic heterocycles. The van der Waals surface area contributed by atoms with Gasteiger partial charge in [0.15, 0.2) is 0 Å². The number of amides is 1. The van der Waals surface area contributed by atoms with Gasteiger partial charge in [0.25, 0.3) is 0 Å². The molecule has 0 radical (unpaired) electrons. The molecule has 1 saturated heterocycles. The summed E-state index contributed by atoms with van der Waals surface area (Å²) in [5, 5.41) is 0. The van der Waals surface area contributed by atoms with Crippen LogP contribution in [0.3, 0.4) is 0 Å². The first kappa shape index (κ1) is 13.1. The molecule has 82 valence electrons. The molecule has 3 nitrogen and oxygen atoms in total. The molecule has 0 saturated carbocycles. The molecule has 3 heteroatoms. The van der Waals surface area contributed by atoms with E-state index in [2.05, 4.69) is 6.92 Å². The van der Waals surface area contributed by atoms with Crippen molar-refractivity contribution in [1.29, 1.82) is 0 Å². The van der Waals surface area contributed by atoms with E-state index >= 15 is 0 Å². The van der Waals surface area contributed by atoms with E-state index in [0.717, 1.165) is 6.54 Å². The molecular weight excluding hydrogens is 178 g/mol. The number of carbonyl (C=O) groups excluding carboxylic acids is 2. The Kier molecular flexibility index (Phi) is 6.17. The number of nitrogens with zero attached hydrogens (tertiary/aromatic N) is 1. The summed E-state index contributed by atoms with van der Waals surface area (Å²) in [5.74, 6) is 0.815. The quantitative estimate of drug-likeness (QED) is 0.695. The molecule has 1 heterocycles. The van der Waals surface area contributed by atoms with Crippen molar-refractivity contribution < 1.29 is 9.59 Å². The number of Topliss-reactive ketones (excluding diaryl/α,β-unsaturated/α-hetero) is 1. The van der Waals surface area contributed by atoms with Gasteiger partial charge in [-0.3, -0.25) is 9.59 Å². The minimum Gasteiger partial charge on any atom is -0.342 e. The normalized spacial score (nSPS) is 20.4. The molecule has 1 rings (SSSR count). The van der Waals surface area contributed by atoms with E-state index in [4.69, 9.17) is 0 Å². The molecule has 0 aliphatic carbocycles. The lowest BCUT2D eigenvalue weighted by molar-refractivity contribution is -0.128. The third-order valence-electron chi connectivity index (χ3n) is 2.14. The van der Waals surface area contributed by atoms with Crippen molar-refractivity contribution in [3.8, 4) is 0 Å². The van der Waals surface area contributed by atoms with E-state index in [-0.39, 0.29) is 11.7 Å². The molecule has 1 fully saturated rings. The summed E-state index contributed by atoms with van der Waals surface area (Å²) >= 11 is 0. The highest BCUT2D eigenvalue weighted by Gasteiger charge is 2.25. The van der Waals surface area contributed by atoms with Crippen LogP contribution in [0.1, 0.15) is 40.5 Å². The van der Waals surface area contributed by atoms with Crippen LogP contribution < -0.4 is 0 Å². The molecule has 0 spiro atoms. The highest BCUT2D eigenvalue weighted by Crippen LogP contribution is 2.16. The molecule has 1 amide bonds. The van der Waals surface area contributed by atoms with Crippen LogP contribution in [0.15, 0.2) is 0 Å². The summed E-state index contributed by atoms with van der Waals surface area (Å²) in [4.78, 5) is 23.6. The van der Waals surface area contributed by atoms with Crippen LogP contribution in [0.2, 0.25) is 0 Å². The highest BCUT2D eigenvalue weighted by molar-refractivity contribution is 5.80. The van der Waals surface area contributed by atoms with Gasteiger partial charge in [-0.2, -0.15) is 0 Å². The van der Waals surface area contributed by atoms with Gasteiger partial charge in [0.1, 0.15) is 5.78 Å². The summed E-state index contributed by atoms with van der Waals surface area (Å²) in [7, 11) is 0. The molecule has 0 aromatic rings. The summed E-state index contributed by atoms with van der Waals surface area (Å²) in [6, 6.07) is 0. The molecule has 0 N–H and O–H groups in total. The van der Waals surface area contributed by atoms with Crippen LogP contribution >= 0.6 is 0 Å². The Labute approximate surface area is 86.5 Å². The van der Waals surface area contributed by atoms with E-state index in [1.54, 1.807) is 11.8 Å². The molecule has 14 heavy (non-hydrogen) atoms. The average Bonchev–Trinajstić information content (AvgIpc) is 2.45. The molecule has 1 aliphatic rings. The second kappa shape index (κ2) is 6.57. The lowest BCUT2D eigenvalue weighted by Gasteiger charge is -2.14. The van der Waals surface area contributed by atoms with Crippen LogP contribution in [0, 0.1) is 5.92 Å². The maximum atomic E-state index is 11.2. The van der Waals surface area contributed by atoms with Crippen molar-refractivity contribution in [2.75, 3.05) is 13.1 Å². The van der Waals surface area contributed by atoms with E-state index in [1.807, 2.05) is 13.8 Å². The van der Waals surface area contributed by atoms with E-state index < -0.39 is 0 Å². The van der Waals surface area contributed by atoms with Gasteiger partial charge in [-0.25, -0.2) is 0 Å². The van der Waals surface area contributed by atoms with Crippen LogP contribution in [0.5, 0.6) is 0 Å². The Morgan fingerprint density at radius 2 is 2.07 bits per heavy atom. The van der Waals surface area contributed by atoms with Gasteiger partial charge in [-0.1, -0.05) is 20.8 Å². The third-order valence-corrected chi connectivity index (χ3v) is 2.14. The van der Waals surface area contributed by atoms with Gasteiger partial charge < -0.3 is 4.90 Å². The minimum absolute atomic E-state index is 0.155. The average molecular weight is 199 g/mol. The van der Waals surface area contributed by atoms with Crippen molar-refractivity contribution in [2.24, 2.45) is 5.92 Å². The summed E-state index contributed by atoms with van der Waals surface area (Å²) < 4.78 is 0. The Morgan fingerprint density at radius 3 is 2.43 bits per heavy atom. The minimum atomic E-state index is 0.155. The maximum Gasteiger partial charge on any atom is 0.222 e. The van der Waals surface area contributed by atoms with Gasteiger partial charge in [0.2, 0.25) is 5.91 Å². The van der Waals surface area contributed by atoms with Crippen LogP contribution in [0.4, 0.5) is 0 Å². The third kappa shape index (κ3) is 4.40. The molecule has 1 unspecified atom stereocenters. The zero-order valence-electron chi connectivity index (χ0n) is 9.67. The SMILES string of the molecule is CC.CC(=O)CCN1CC(C)CC1=O. The lowest BCUT2D eigenvalue weighted by atomic mass is 10.2. The fourth-order valence-electron chi connectivity index (χ4n) is 1.48. The second-order valence-electron chi connectivity index (χ2n) is 3.60. The number of hydrogen-bond donors (Lipinski definition) is 0. The molecule has 0 bridgehead atoms. The number of hydrogen-bond acceptors (Lipinski definition) is 2. The molecule has 0 aromatic carbocycles. The highest BCUT2D eigenvalue weighted by atomic mass is 16.2. The Hall–Kier alpha value is -0.860. The standard InChI is InChI=1S/C9H15NO2.C2H6/c1-7-5-9(12)10(6-7)4-3-8(2)11;1-2/h7H,3-6H2,1-2H3;1-2H3. The molecule has 0 aromatic heterocycles. The number of rotatable bonds is 3. The van der Waals surface area contributed by atoms with Crippen molar-refractivity contribution >= 4 is 11.7 Å². The predicted molar refractivity (Wildman–Crippen MR) is 57.0 cm³/mol. The second-order valence-corrected chi connectivity index (χ2v) is 3.60. The van der Waals surface area contributed by atoms with Crippen molar-refractivity contribution in [3.05, 3.63) is 0 Å². The largest absolute Gasteiger partial charge is 0.342 e. The van der Waals surface area contributed by atoms with Gasteiger partial charge >= 0.3 is 0 Å². The first-order chi connectivity index (χ1) is 6.59. The summed E-state index contributed by atoms with van der Waals surface area (Å²) in [5.41, 5.74) is 0. The summed E-state index contributed by atoms with van der Waals surface area (Å²) in [6.07, 6.45) is 1.15. The maximum absolute atomic E-state index is 11.2. The topological polar surface area (TPSA) is 37.4 Å². The van der Waals surface area contributed by atoms with E-state index in [1.165, 1.54) is 0 Å². The summed E-state index contributed by atoms with van der Waals surface area (Å²) in [6.45, 7) is 9.06. The smallest absolute Gasteiger partial charge is 0.222 e. The lowest BCUT2D eigenvalue weighted by Crippen LogP contribution is -2.27. The fourth-order valence-corrected chi connectivity index (χ4v) is 1.48. The van der Waals surface area contributed by atoms with Crippen LogP contribution in [-0.2, 0) is 9.59 Å². The number of likely N-dealkylation sites (tertiary alicyclic amines) is 1. The monoisotopic (exact) mass is 199 g/mol. The van der Waals surface area contributed by atoms with Gasteiger partial charge in [-0.15, -0.1) is 0 Å². The van der Waals surface area contributed by atoms with Crippen molar-refractivity contribution in [1.82, 2.24) is 4.90 Å².